The molecule has 22 heavy (non-hydrogen) atoms. The topological polar surface area (TPSA) is 50.4 Å². The summed E-state index contributed by atoms with van der Waals surface area (Å²) in [6, 6.07) is 0. The van der Waals surface area contributed by atoms with E-state index in [9.17, 15) is 4.79 Å². The molecule has 1 saturated carbocycles. The van der Waals surface area contributed by atoms with Gasteiger partial charge in [0.25, 0.3) is 0 Å². The van der Waals surface area contributed by atoms with Gasteiger partial charge in [0.05, 0.1) is 6.10 Å². The van der Waals surface area contributed by atoms with Crippen LogP contribution >= 0.6 is 12.4 Å². The van der Waals surface area contributed by atoms with Crippen molar-refractivity contribution >= 4 is 18.3 Å². The molecule has 1 saturated heterocycles. The minimum Gasteiger partial charge on any atom is -0.365 e. The Morgan fingerprint density at radius 3 is 2.50 bits per heavy atom. The van der Waals surface area contributed by atoms with Crippen molar-refractivity contribution in [3.05, 3.63) is 0 Å². The van der Waals surface area contributed by atoms with Crippen molar-refractivity contribution in [2.45, 2.75) is 77.4 Å². The molecule has 0 aromatic carbocycles. The van der Waals surface area contributed by atoms with E-state index in [2.05, 4.69) is 17.6 Å². The van der Waals surface area contributed by atoms with E-state index in [4.69, 9.17) is 4.74 Å². The predicted octanol–water partition coefficient (Wildman–Crippen LogP) is 3.04. The standard InChI is InChI=1S/C17H32N2O2.ClH/c1-3-15(21-14-7-5-4-6-8-14)16(20)19-13-17(2)9-11-18-12-10-17;/h14-15,18H,3-13H2,1-2H3,(H,19,20);1H. The van der Waals surface area contributed by atoms with Gasteiger partial charge in [0.2, 0.25) is 5.91 Å². The van der Waals surface area contributed by atoms with Crippen LogP contribution in [0.3, 0.4) is 0 Å². The summed E-state index contributed by atoms with van der Waals surface area (Å²) in [6.45, 7) is 7.21. The van der Waals surface area contributed by atoms with E-state index in [0.717, 1.165) is 51.7 Å². The fourth-order valence-electron chi connectivity index (χ4n) is 3.40. The molecule has 1 aliphatic heterocycles. The van der Waals surface area contributed by atoms with Crippen molar-refractivity contribution < 1.29 is 9.53 Å². The van der Waals surface area contributed by atoms with Crippen LogP contribution in [0.5, 0.6) is 0 Å². The molecule has 0 bridgehead atoms. The van der Waals surface area contributed by atoms with Crippen molar-refractivity contribution in [3.63, 3.8) is 0 Å². The summed E-state index contributed by atoms with van der Waals surface area (Å²) in [5.41, 5.74) is 0.240. The Hall–Kier alpha value is -0.320. The van der Waals surface area contributed by atoms with Crippen LogP contribution in [0.4, 0.5) is 0 Å². The van der Waals surface area contributed by atoms with Crippen molar-refractivity contribution in [1.82, 2.24) is 10.6 Å². The van der Waals surface area contributed by atoms with Gasteiger partial charge in [-0.1, -0.05) is 33.1 Å². The number of carbonyl (C=O) groups is 1. The number of hydrogen-bond donors (Lipinski definition) is 2. The highest BCUT2D eigenvalue weighted by Crippen LogP contribution is 2.27. The van der Waals surface area contributed by atoms with Gasteiger partial charge in [-0.05, 0) is 50.6 Å². The maximum absolute atomic E-state index is 12.4. The fourth-order valence-corrected chi connectivity index (χ4v) is 3.40. The number of carbonyl (C=O) groups excluding carboxylic acids is 1. The maximum atomic E-state index is 12.4. The zero-order valence-corrected chi connectivity index (χ0v) is 15.0. The summed E-state index contributed by atoms with van der Waals surface area (Å²) >= 11 is 0. The largest absolute Gasteiger partial charge is 0.365 e. The Balaban J connectivity index is 0.00000242. The van der Waals surface area contributed by atoms with Crippen molar-refractivity contribution in [3.8, 4) is 0 Å². The monoisotopic (exact) mass is 332 g/mol. The smallest absolute Gasteiger partial charge is 0.249 e. The molecule has 1 heterocycles. The molecule has 0 radical (unpaired) electrons. The first kappa shape index (κ1) is 19.7. The summed E-state index contributed by atoms with van der Waals surface area (Å²) in [4.78, 5) is 12.4. The highest BCUT2D eigenvalue weighted by atomic mass is 35.5. The number of halogens is 1. The molecule has 0 aromatic rings. The lowest BCUT2D eigenvalue weighted by Gasteiger charge is -2.35. The van der Waals surface area contributed by atoms with Gasteiger partial charge in [0, 0.05) is 6.54 Å². The maximum Gasteiger partial charge on any atom is 0.249 e. The number of rotatable bonds is 6. The normalized spacial score (nSPS) is 23.4. The highest BCUT2D eigenvalue weighted by Gasteiger charge is 2.29. The molecular formula is C17H33ClN2O2. The molecule has 0 spiro atoms. The molecule has 0 aromatic heterocycles. The molecule has 4 nitrogen and oxygen atoms in total. The summed E-state index contributed by atoms with van der Waals surface area (Å²) in [7, 11) is 0. The zero-order chi connectivity index (χ0) is 15.1. The van der Waals surface area contributed by atoms with E-state index < -0.39 is 0 Å². The minimum atomic E-state index is -0.265. The van der Waals surface area contributed by atoms with E-state index in [1.54, 1.807) is 0 Å². The van der Waals surface area contributed by atoms with E-state index in [1.165, 1.54) is 19.3 Å². The van der Waals surface area contributed by atoms with Crippen molar-refractivity contribution in [1.29, 1.82) is 0 Å². The first-order valence-corrected chi connectivity index (χ1v) is 8.77. The summed E-state index contributed by atoms with van der Waals surface area (Å²) in [6.07, 6.45) is 9.10. The second-order valence-electron chi connectivity index (χ2n) is 7.07. The first-order chi connectivity index (χ1) is 10.1. The molecule has 1 atom stereocenters. The number of piperidine rings is 1. The van der Waals surface area contributed by atoms with Gasteiger partial charge in [0.1, 0.15) is 6.10 Å². The Bertz CT molecular complexity index is 327. The van der Waals surface area contributed by atoms with Crippen LogP contribution in [-0.4, -0.2) is 37.7 Å². The number of ether oxygens (including phenoxy) is 1. The van der Waals surface area contributed by atoms with Gasteiger partial charge < -0.3 is 15.4 Å². The molecule has 2 rings (SSSR count). The lowest BCUT2D eigenvalue weighted by atomic mass is 9.81. The Kier molecular flexibility index (Phi) is 8.73. The number of hydrogen-bond acceptors (Lipinski definition) is 3. The van der Waals surface area contributed by atoms with Crippen LogP contribution in [-0.2, 0) is 9.53 Å². The fraction of sp³-hybridized carbons (Fsp3) is 0.941. The second-order valence-corrected chi connectivity index (χ2v) is 7.07. The van der Waals surface area contributed by atoms with E-state index in [-0.39, 0.29) is 29.8 Å². The van der Waals surface area contributed by atoms with Gasteiger partial charge in [-0.3, -0.25) is 4.79 Å². The molecule has 1 aliphatic carbocycles. The molecule has 2 N–H and O–H groups in total. The first-order valence-electron chi connectivity index (χ1n) is 8.77. The summed E-state index contributed by atoms with van der Waals surface area (Å²) in [5.74, 6) is 0.0860. The lowest BCUT2D eigenvalue weighted by Crippen LogP contribution is -2.46. The van der Waals surface area contributed by atoms with Crippen molar-refractivity contribution in [2.24, 2.45) is 5.41 Å². The zero-order valence-electron chi connectivity index (χ0n) is 14.2. The van der Waals surface area contributed by atoms with Gasteiger partial charge in [-0.15, -0.1) is 12.4 Å². The van der Waals surface area contributed by atoms with E-state index >= 15 is 0 Å². The van der Waals surface area contributed by atoms with E-state index in [1.807, 2.05) is 6.92 Å². The Morgan fingerprint density at radius 2 is 1.91 bits per heavy atom. The number of amides is 1. The van der Waals surface area contributed by atoms with E-state index in [0.29, 0.717) is 6.10 Å². The molecular weight excluding hydrogens is 300 g/mol. The minimum absolute atomic E-state index is 0. The van der Waals surface area contributed by atoms with Crippen LogP contribution in [0.2, 0.25) is 0 Å². The van der Waals surface area contributed by atoms with Crippen LogP contribution in [0.25, 0.3) is 0 Å². The van der Waals surface area contributed by atoms with Gasteiger partial charge in [-0.2, -0.15) is 0 Å². The third-order valence-corrected chi connectivity index (χ3v) is 5.07. The molecule has 1 amide bonds. The molecule has 2 fully saturated rings. The quantitative estimate of drug-likeness (QED) is 0.786. The molecule has 130 valence electrons. The van der Waals surface area contributed by atoms with Gasteiger partial charge in [-0.25, -0.2) is 0 Å². The average Bonchev–Trinajstić information content (AvgIpc) is 2.52. The van der Waals surface area contributed by atoms with Gasteiger partial charge in [0.15, 0.2) is 0 Å². The van der Waals surface area contributed by atoms with Crippen LogP contribution in [0.15, 0.2) is 0 Å². The third-order valence-electron chi connectivity index (χ3n) is 5.07. The highest BCUT2D eigenvalue weighted by molar-refractivity contribution is 5.85. The van der Waals surface area contributed by atoms with Crippen LogP contribution in [0, 0.1) is 5.41 Å². The number of nitrogens with one attached hydrogen (secondary N) is 2. The summed E-state index contributed by atoms with van der Waals surface area (Å²) in [5, 5.41) is 6.52. The van der Waals surface area contributed by atoms with Crippen LogP contribution in [0.1, 0.15) is 65.2 Å². The third kappa shape index (κ3) is 6.05. The molecule has 5 heteroatoms. The van der Waals surface area contributed by atoms with Crippen LogP contribution < -0.4 is 10.6 Å². The molecule has 1 unspecified atom stereocenters. The summed E-state index contributed by atoms with van der Waals surface area (Å²) < 4.78 is 6.05. The predicted molar refractivity (Wildman–Crippen MR) is 92.5 cm³/mol. The SMILES string of the molecule is CCC(OC1CCCCC1)C(=O)NCC1(C)CCNCC1.Cl. The average molecular weight is 333 g/mol. The molecule has 2 aliphatic rings. The Labute approximate surface area is 141 Å². The Morgan fingerprint density at radius 1 is 1.27 bits per heavy atom. The lowest BCUT2D eigenvalue weighted by molar-refractivity contribution is -0.138. The second kappa shape index (κ2) is 9.74. The van der Waals surface area contributed by atoms with Crippen molar-refractivity contribution in [2.75, 3.05) is 19.6 Å². The van der Waals surface area contributed by atoms with Gasteiger partial charge >= 0.3 is 0 Å².